The van der Waals surface area contributed by atoms with Gasteiger partial charge < -0.3 is 16.4 Å². The van der Waals surface area contributed by atoms with E-state index in [1.807, 2.05) is 41.1 Å². The molecule has 2 aromatic carbocycles. The van der Waals surface area contributed by atoms with Gasteiger partial charge >= 0.3 is 0 Å². The molecule has 5 aromatic rings. The fourth-order valence-electron chi connectivity index (χ4n) is 6.40. The van der Waals surface area contributed by atoms with E-state index in [1.165, 1.54) is 12.4 Å². The van der Waals surface area contributed by atoms with Crippen LogP contribution in [0.4, 0.5) is 15.9 Å². The maximum absolute atomic E-state index is 15.8. The molecule has 0 atom stereocenters. The fraction of sp³-hybridized carbons (Fsp3) is 0.290. The van der Waals surface area contributed by atoms with E-state index < -0.39 is 11.7 Å². The van der Waals surface area contributed by atoms with Crippen LogP contribution in [0.25, 0.3) is 22.3 Å². The third-order valence-corrected chi connectivity index (χ3v) is 8.39. The molecule has 0 radical (unpaired) electrons. The minimum atomic E-state index is -0.548. The summed E-state index contributed by atoms with van der Waals surface area (Å²) in [5.41, 5.74) is 10.1. The Kier molecular flexibility index (Phi) is 6.58. The van der Waals surface area contributed by atoms with Crippen LogP contribution < -0.4 is 21.9 Å². The summed E-state index contributed by atoms with van der Waals surface area (Å²) in [7, 11) is 0. The smallest absolute Gasteiger partial charge is 0.284 e. The predicted molar refractivity (Wildman–Crippen MR) is 159 cm³/mol. The van der Waals surface area contributed by atoms with Crippen LogP contribution in [0.15, 0.2) is 65.7 Å². The van der Waals surface area contributed by atoms with Crippen molar-refractivity contribution in [3.63, 3.8) is 0 Å². The Morgan fingerprint density at radius 3 is 2.64 bits per heavy atom. The van der Waals surface area contributed by atoms with Gasteiger partial charge in [0, 0.05) is 35.0 Å². The molecule has 0 spiro atoms. The van der Waals surface area contributed by atoms with Gasteiger partial charge in [-0.15, -0.1) is 0 Å². The summed E-state index contributed by atoms with van der Waals surface area (Å²) >= 11 is 0. The third kappa shape index (κ3) is 4.37. The summed E-state index contributed by atoms with van der Waals surface area (Å²) in [6.07, 6.45) is 5.73. The lowest BCUT2D eigenvalue weighted by molar-refractivity contribution is 0.102. The van der Waals surface area contributed by atoms with Crippen LogP contribution in [0.5, 0.6) is 0 Å². The summed E-state index contributed by atoms with van der Waals surface area (Å²) in [6.45, 7) is 2.45. The summed E-state index contributed by atoms with van der Waals surface area (Å²) in [5.74, 6) is -0.546. The Morgan fingerprint density at radius 2 is 1.86 bits per heavy atom. The number of amides is 1. The highest BCUT2D eigenvalue weighted by Gasteiger charge is 2.28. The van der Waals surface area contributed by atoms with Crippen LogP contribution in [0.1, 0.15) is 53.3 Å². The third-order valence-electron chi connectivity index (χ3n) is 8.39. The number of aromatic nitrogens is 5. The van der Waals surface area contributed by atoms with Gasteiger partial charge in [0.15, 0.2) is 5.82 Å². The normalized spacial score (nSPS) is 15.5. The van der Waals surface area contributed by atoms with E-state index in [1.54, 1.807) is 21.3 Å². The van der Waals surface area contributed by atoms with Crippen LogP contribution >= 0.6 is 0 Å². The van der Waals surface area contributed by atoms with Gasteiger partial charge in [0.05, 0.1) is 11.4 Å². The highest BCUT2D eigenvalue weighted by Crippen LogP contribution is 2.37. The van der Waals surface area contributed by atoms with E-state index in [4.69, 9.17) is 5.73 Å². The van der Waals surface area contributed by atoms with Crippen LogP contribution in [-0.2, 0) is 13.0 Å². The van der Waals surface area contributed by atoms with E-state index in [2.05, 4.69) is 20.7 Å². The second kappa shape index (κ2) is 10.6. The Hall–Kier alpha value is -4.77. The van der Waals surface area contributed by atoms with Crippen molar-refractivity contribution in [1.82, 2.24) is 29.3 Å². The lowest BCUT2D eigenvalue weighted by atomic mass is 9.94. The number of benzene rings is 2. The minimum Gasteiger partial charge on any atom is -0.382 e. The maximum atomic E-state index is 15.8. The molecule has 11 heteroatoms. The standard InChI is InChI=1S/C31H31FN8O2/c32-24-16-20(37-30(41)27-25-8-4-5-15-38(25)40(31(27)42)21-6-2-1-3-7-21)9-10-22(24)23-17-26(19-11-13-34-14-12-19)39-28(23)29(33)35-18-36-39/h1-3,6-7,9-10,16-19,34H,4-5,8,11-15H2,(H,37,41)(H2,33,35,36). The van der Waals surface area contributed by atoms with E-state index in [-0.39, 0.29) is 28.5 Å². The molecule has 214 valence electrons. The van der Waals surface area contributed by atoms with Crippen molar-refractivity contribution in [2.24, 2.45) is 0 Å². The molecule has 0 aliphatic carbocycles. The van der Waals surface area contributed by atoms with E-state index in [0.29, 0.717) is 41.0 Å². The Morgan fingerprint density at radius 1 is 1.05 bits per heavy atom. The zero-order valence-corrected chi connectivity index (χ0v) is 23.0. The predicted octanol–water partition coefficient (Wildman–Crippen LogP) is 4.13. The molecule has 2 aliphatic heterocycles. The highest BCUT2D eigenvalue weighted by atomic mass is 19.1. The molecular weight excluding hydrogens is 535 g/mol. The van der Waals surface area contributed by atoms with Gasteiger partial charge in [0.1, 0.15) is 23.2 Å². The SMILES string of the molecule is Nc1ncnn2c(C3CCNCC3)cc(-c3ccc(NC(=O)c4c5n(n(-c6ccccc6)c4=O)CCCC5)cc3F)c12. The Bertz CT molecular complexity index is 1870. The zero-order chi connectivity index (χ0) is 28.8. The van der Waals surface area contributed by atoms with Gasteiger partial charge in [-0.05, 0) is 81.6 Å². The number of anilines is 2. The van der Waals surface area contributed by atoms with E-state index in [0.717, 1.165) is 44.5 Å². The molecule has 1 fully saturated rings. The maximum Gasteiger partial charge on any atom is 0.284 e. The largest absolute Gasteiger partial charge is 0.382 e. The molecule has 0 saturated carbocycles. The number of nitrogens with two attached hydrogens (primary N) is 1. The van der Waals surface area contributed by atoms with Crippen molar-refractivity contribution in [2.45, 2.75) is 44.6 Å². The fourth-order valence-corrected chi connectivity index (χ4v) is 6.40. The summed E-state index contributed by atoms with van der Waals surface area (Å²) < 4.78 is 21.0. The number of para-hydroxylation sites is 1. The van der Waals surface area contributed by atoms with Crippen LogP contribution in [0.3, 0.4) is 0 Å². The first-order valence-electron chi connectivity index (χ1n) is 14.4. The van der Waals surface area contributed by atoms with Crippen LogP contribution in [0.2, 0.25) is 0 Å². The van der Waals surface area contributed by atoms with Crippen molar-refractivity contribution in [2.75, 3.05) is 24.1 Å². The number of fused-ring (bicyclic) bond motifs is 2. The van der Waals surface area contributed by atoms with Gasteiger partial charge in [-0.1, -0.05) is 18.2 Å². The topological polar surface area (TPSA) is 124 Å². The highest BCUT2D eigenvalue weighted by molar-refractivity contribution is 6.05. The summed E-state index contributed by atoms with van der Waals surface area (Å²) in [4.78, 5) is 31.2. The number of nitrogens with one attached hydrogen (secondary N) is 2. The summed E-state index contributed by atoms with van der Waals surface area (Å²) in [5, 5.41) is 10.6. The molecule has 2 aliphatic rings. The number of carbonyl (C=O) groups excluding carboxylic acids is 1. The van der Waals surface area contributed by atoms with Gasteiger partial charge in [0.2, 0.25) is 0 Å². The number of carbonyl (C=O) groups is 1. The lowest BCUT2D eigenvalue weighted by Crippen LogP contribution is -2.27. The molecular formula is C31H31FN8O2. The molecule has 4 N–H and O–H groups in total. The first kappa shape index (κ1) is 26.1. The molecule has 5 heterocycles. The van der Waals surface area contributed by atoms with Gasteiger partial charge in [-0.3, -0.25) is 14.3 Å². The second-order valence-corrected chi connectivity index (χ2v) is 10.9. The van der Waals surface area contributed by atoms with Crippen molar-refractivity contribution >= 4 is 22.9 Å². The molecule has 10 nitrogen and oxygen atoms in total. The summed E-state index contributed by atoms with van der Waals surface area (Å²) in [6, 6.07) is 15.8. The molecule has 1 saturated heterocycles. The van der Waals surface area contributed by atoms with Gasteiger partial charge in [0.25, 0.3) is 11.5 Å². The molecule has 3 aromatic heterocycles. The average molecular weight is 567 g/mol. The number of nitrogen functional groups attached to an aromatic ring is 1. The first-order chi connectivity index (χ1) is 20.5. The van der Waals surface area contributed by atoms with Gasteiger partial charge in [-0.2, -0.15) is 5.10 Å². The molecule has 42 heavy (non-hydrogen) atoms. The Labute approximate surface area is 241 Å². The van der Waals surface area contributed by atoms with E-state index >= 15 is 4.39 Å². The molecule has 0 bridgehead atoms. The molecule has 0 unspecified atom stereocenters. The number of hydrogen-bond acceptors (Lipinski definition) is 6. The number of nitrogens with zero attached hydrogens (tertiary/aromatic N) is 5. The number of piperidine rings is 1. The van der Waals surface area contributed by atoms with Crippen molar-refractivity contribution in [3.05, 3.63) is 94.0 Å². The second-order valence-electron chi connectivity index (χ2n) is 10.9. The van der Waals surface area contributed by atoms with Crippen molar-refractivity contribution in [1.29, 1.82) is 0 Å². The average Bonchev–Trinajstić information content (AvgIpc) is 3.54. The molecule has 7 rings (SSSR count). The first-order valence-corrected chi connectivity index (χ1v) is 14.4. The number of hydrogen-bond donors (Lipinski definition) is 3. The monoisotopic (exact) mass is 566 g/mol. The molecule has 1 amide bonds. The van der Waals surface area contributed by atoms with E-state index in [9.17, 15) is 9.59 Å². The number of rotatable bonds is 5. The number of halogens is 1. The van der Waals surface area contributed by atoms with Gasteiger partial charge in [-0.25, -0.2) is 18.6 Å². The zero-order valence-electron chi connectivity index (χ0n) is 23.0. The van der Waals surface area contributed by atoms with Crippen molar-refractivity contribution < 1.29 is 9.18 Å². The Balaban J connectivity index is 1.23. The van der Waals surface area contributed by atoms with Crippen molar-refractivity contribution in [3.8, 4) is 16.8 Å². The van der Waals surface area contributed by atoms with Crippen LogP contribution in [-0.4, -0.2) is 43.0 Å². The lowest BCUT2D eigenvalue weighted by Gasteiger charge is -2.22. The van der Waals surface area contributed by atoms with Crippen LogP contribution in [0, 0.1) is 5.82 Å². The minimum absolute atomic E-state index is 0.0954. The quantitative estimate of drug-likeness (QED) is 0.294.